The van der Waals surface area contributed by atoms with Gasteiger partial charge in [0.25, 0.3) is 5.91 Å². The molecule has 0 unspecified atom stereocenters. The fourth-order valence-corrected chi connectivity index (χ4v) is 2.46. The average Bonchev–Trinajstić information content (AvgIpc) is 2.85. The van der Waals surface area contributed by atoms with Crippen molar-refractivity contribution in [2.75, 3.05) is 6.54 Å². The van der Waals surface area contributed by atoms with E-state index in [1.165, 1.54) is 18.4 Å². The molecule has 0 saturated heterocycles. The lowest BCUT2D eigenvalue weighted by Gasteiger charge is -2.25. The Bertz CT molecular complexity index is 747. The molecule has 2 rings (SSSR count). The molecule has 2 N–H and O–H groups in total. The van der Waals surface area contributed by atoms with Gasteiger partial charge in [-0.05, 0) is 24.6 Å². The van der Waals surface area contributed by atoms with Crippen LogP contribution in [0.2, 0.25) is 0 Å². The number of rotatable bonds is 6. The summed E-state index contributed by atoms with van der Waals surface area (Å²) in [4.78, 5) is 23.3. The summed E-state index contributed by atoms with van der Waals surface area (Å²) in [5.41, 5.74) is 1.32. The molecular weight excluding hydrogens is 313 g/mol. The van der Waals surface area contributed by atoms with Crippen LogP contribution in [0.4, 0.5) is 4.39 Å². The highest BCUT2D eigenvalue weighted by molar-refractivity contribution is 5.97. The highest BCUT2D eigenvalue weighted by Crippen LogP contribution is 2.23. The van der Waals surface area contributed by atoms with Crippen molar-refractivity contribution in [2.45, 2.75) is 32.6 Å². The second-order valence-electron chi connectivity index (χ2n) is 6.36. The van der Waals surface area contributed by atoms with Crippen LogP contribution in [0.3, 0.4) is 0 Å². The van der Waals surface area contributed by atoms with Gasteiger partial charge in [0.1, 0.15) is 18.0 Å². The van der Waals surface area contributed by atoms with Crippen molar-refractivity contribution >= 4 is 11.9 Å². The molecule has 5 nitrogen and oxygen atoms in total. The molecule has 6 heteroatoms. The number of carboxylic acids is 1. The Hall–Kier alpha value is -2.63. The van der Waals surface area contributed by atoms with Crippen LogP contribution < -0.4 is 5.32 Å². The van der Waals surface area contributed by atoms with Gasteiger partial charge in [-0.25, -0.2) is 4.39 Å². The number of furan rings is 1. The molecule has 0 aliphatic carbocycles. The van der Waals surface area contributed by atoms with Crippen LogP contribution >= 0.6 is 0 Å². The third-order valence-corrected chi connectivity index (χ3v) is 3.91. The number of carbonyl (C=O) groups excluding carboxylic acids is 1. The first kappa shape index (κ1) is 17.7. The summed E-state index contributed by atoms with van der Waals surface area (Å²) in [6.45, 7) is 5.87. The Morgan fingerprint density at radius 2 is 1.88 bits per heavy atom. The van der Waals surface area contributed by atoms with Gasteiger partial charge in [-0.1, -0.05) is 26.0 Å². The second-order valence-corrected chi connectivity index (χ2v) is 6.36. The van der Waals surface area contributed by atoms with Crippen molar-refractivity contribution in [1.29, 1.82) is 0 Å². The summed E-state index contributed by atoms with van der Waals surface area (Å²) in [5, 5.41) is 11.7. The molecular formula is C18H20FNO4. The van der Waals surface area contributed by atoms with E-state index in [9.17, 15) is 14.0 Å². The first-order valence-corrected chi connectivity index (χ1v) is 7.53. The maximum absolute atomic E-state index is 13.0. The zero-order valence-electron chi connectivity index (χ0n) is 13.9. The Morgan fingerprint density at radius 1 is 1.25 bits per heavy atom. The lowest BCUT2D eigenvalue weighted by Crippen LogP contribution is -2.37. The Kier molecular flexibility index (Phi) is 5.07. The van der Waals surface area contributed by atoms with Crippen LogP contribution in [-0.4, -0.2) is 23.5 Å². The summed E-state index contributed by atoms with van der Waals surface area (Å²) in [6, 6.07) is 6.12. The number of carboxylic acid groups (broad SMARTS) is 1. The molecule has 1 heterocycles. The third kappa shape index (κ3) is 4.01. The van der Waals surface area contributed by atoms with Crippen molar-refractivity contribution in [3.8, 4) is 0 Å². The quantitative estimate of drug-likeness (QED) is 0.851. The van der Waals surface area contributed by atoms with Crippen molar-refractivity contribution in [3.05, 3.63) is 58.8 Å². The van der Waals surface area contributed by atoms with Gasteiger partial charge >= 0.3 is 5.97 Å². The number of benzene rings is 1. The molecule has 0 aliphatic rings. The van der Waals surface area contributed by atoms with Crippen LogP contribution in [0.1, 0.15) is 41.1 Å². The molecule has 128 valence electrons. The molecule has 1 amide bonds. The molecule has 0 fully saturated rings. The molecule has 0 atom stereocenters. The van der Waals surface area contributed by atoms with E-state index in [0.717, 1.165) is 5.56 Å². The SMILES string of the molecule is Cc1coc(CC(=O)O)c1C(=O)NCC(C)(C)c1ccc(F)cc1. The van der Waals surface area contributed by atoms with Crippen molar-refractivity contribution in [3.63, 3.8) is 0 Å². The molecule has 0 aliphatic heterocycles. The lowest BCUT2D eigenvalue weighted by atomic mass is 9.84. The van der Waals surface area contributed by atoms with E-state index < -0.39 is 11.4 Å². The molecule has 24 heavy (non-hydrogen) atoms. The highest BCUT2D eigenvalue weighted by Gasteiger charge is 2.25. The minimum absolute atomic E-state index is 0.136. The summed E-state index contributed by atoms with van der Waals surface area (Å²) in [5.74, 6) is -1.62. The van der Waals surface area contributed by atoms with Crippen molar-refractivity contribution in [1.82, 2.24) is 5.32 Å². The fourth-order valence-electron chi connectivity index (χ4n) is 2.46. The van der Waals surface area contributed by atoms with Gasteiger partial charge in [0.15, 0.2) is 0 Å². The number of hydrogen-bond donors (Lipinski definition) is 2. The van der Waals surface area contributed by atoms with Gasteiger partial charge in [0.05, 0.1) is 11.8 Å². The highest BCUT2D eigenvalue weighted by atomic mass is 19.1. The van der Waals surface area contributed by atoms with E-state index >= 15 is 0 Å². The minimum Gasteiger partial charge on any atom is -0.481 e. The van der Waals surface area contributed by atoms with Gasteiger partial charge in [0, 0.05) is 17.5 Å². The maximum Gasteiger partial charge on any atom is 0.311 e. The van der Waals surface area contributed by atoms with Gasteiger partial charge in [-0.3, -0.25) is 9.59 Å². The number of aliphatic carboxylic acids is 1. The van der Waals surface area contributed by atoms with E-state index in [4.69, 9.17) is 9.52 Å². The Labute approximate surface area is 139 Å². The number of nitrogens with one attached hydrogen (secondary N) is 1. The molecule has 1 aromatic carbocycles. The summed E-state index contributed by atoms with van der Waals surface area (Å²) >= 11 is 0. The predicted octanol–water partition coefficient (Wildman–Crippen LogP) is 3.06. The summed E-state index contributed by atoms with van der Waals surface area (Å²) in [6.07, 6.45) is 1.02. The second kappa shape index (κ2) is 6.86. The van der Waals surface area contributed by atoms with Gasteiger partial charge < -0.3 is 14.8 Å². The predicted molar refractivity (Wildman–Crippen MR) is 86.5 cm³/mol. The first-order valence-electron chi connectivity index (χ1n) is 7.53. The smallest absolute Gasteiger partial charge is 0.311 e. The third-order valence-electron chi connectivity index (χ3n) is 3.91. The summed E-state index contributed by atoms with van der Waals surface area (Å²) in [7, 11) is 0. The molecule has 0 spiro atoms. The standard InChI is InChI=1S/C18H20FNO4/c1-11-9-24-14(8-15(21)22)16(11)17(23)20-10-18(2,3)12-4-6-13(19)7-5-12/h4-7,9H,8,10H2,1-3H3,(H,20,23)(H,21,22). The average molecular weight is 333 g/mol. The monoisotopic (exact) mass is 333 g/mol. The van der Waals surface area contributed by atoms with Crippen LogP contribution in [0.15, 0.2) is 34.9 Å². The van der Waals surface area contributed by atoms with Crippen molar-refractivity contribution in [2.24, 2.45) is 0 Å². The normalized spacial score (nSPS) is 11.3. The van der Waals surface area contributed by atoms with Gasteiger partial charge in [-0.15, -0.1) is 0 Å². The van der Waals surface area contributed by atoms with Crippen molar-refractivity contribution < 1.29 is 23.5 Å². The number of amides is 1. The van der Waals surface area contributed by atoms with E-state index in [1.54, 1.807) is 19.1 Å². The topological polar surface area (TPSA) is 79.5 Å². The number of carbonyl (C=O) groups is 2. The van der Waals surface area contributed by atoms with Crippen LogP contribution in [0.25, 0.3) is 0 Å². The van der Waals surface area contributed by atoms with Crippen LogP contribution in [-0.2, 0) is 16.6 Å². The Morgan fingerprint density at radius 3 is 2.46 bits per heavy atom. The Balaban J connectivity index is 2.11. The van der Waals surface area contributed by atoms with E-state index in [0.29, 0.717) is 12.1 Å². The fraction of sp³-hybridized carbons (Fsp3) is 0.333. The largest absolute Gasteiger partial charge is 0.481 e. The molecule has 2 aromatic rings. The minimum atomic E-state index is -1.06. The maximum atomic E-state index is 13.0. The number of halogens is 1. The molecule has 0 radical (unpaired) electrons. The number of hydrogen-bond acceptors (Lipinski definition) is 3. The van der Waals surface area contributed by atoms with E-state index in [1.807, 2.05) is 13.8 Å². The zero-order valence-corrected chi connectivity index (χ0v) is 13.9. The zero-order chi connectivity index (χ0) is 17.9. The van der Waals surface area contributed by atoms with E-state index in [2.05, 4.69) is 5.32 Å². The van der Waals surface area contributed by atoms with E-state index in [-0.39, 0.29) is 29.5 Å². The van der Waals surface area contributed by atoms with Gasteiger partial charge in [-0.2, -0.15) is 0 Å². The summed E-state index contributed by atoms with van der Waals surface area (Å²) < 4.78 is 18.2. The first-order chi connectivity index (χ1) is 11.2. The van der Waals surface area contributed by atoms with Crippen LogP contribution in [0, 0.1) is 12.7 Å². The molecule has 0 bridgehead atoms. The van der Waals surface area contributed by atoms with Gasteiger partial charge in [0.2, 0.25) is 0 Å². The molecule has 0 saturated carbocycles. The number of aryl methyl sites for hydroxylation is 1. The van der Waals surface area contributed by atoms with Crippen LogP contribution in [0.5, 0.6) is 0 Å². The lowest BCUT2D eigenvalue weighted by molar-refractivity contribution is -0.136. The molecule has 1 aromatic heterocycles.